The smallest absolute Gasteiger partial charge is 0.225 e. The van der Waals surface area contributed by atoms with Crippen LogP contribution in [0.25, 0.3) is 0 Å². The molecule has 1 unspecified atom stereocenters. The zero-order valence-electron chi connectivity index (χ0n) is 12.7. The fraction of sp³-hybridized carbons (Fsp3) is 0.562. The predicted molar refractivity (Wildman–Crippen MR) is 79.7 cm³/mol. The molecule has 1 fully saturated rings. The number of piperidine rings is 1. The minimum absolute atomic E-state index is 0.0153. The van der Waals surface area contributed by atoms with Crippen LogP contribution in [0.15, 0.2) is 24.3 Å². The second-order valence-electron chi connectivity index (χ2n) is 5.12. The molecule has 116 valence electrons. The molecule has 1 saturated heterocycles. The van der Waals surface area contributed by atoms with Gasteiger partial charge >= 0.3 is 0 Å². The SMILES string of the molecule is COCCC(=O)N1CCCC(Oc2ccccc2OC)C1. The number of carbonyl (C=O) groups is 1. The number of likely N-dealkylation sites (tertiary alicyclic amines) is 1. The van der Waals surface area contributed by atoms with Gasteiger partial charge < -0.3 is 19.1 Å². The van der Waals surface area contributed by atoms with Crippen LogP contribution >= 0.6 is 0 Å². The summed E-state index contributed by atoms with van der Waals surface area (Å²) in [6, 6.07) is 7.60. The van der Waals surface area contributed by atoms with Gasteiger partial charge in [0.1, 0.15) is 6.10 Å². The van der Waals surface area contributed by atoms with Crippen LogP contribution in [0.4, 0.5) is 0 Å². The fourth-order valence-electron chi connectivity index (χ4n) is 2.50. The van der Waals surface area contributed by atoms with Crippen molar-refractivity contribution in [2.75, 3.05) is 33.9 Å². The van der Waals surface area contributed by atoms with Gasteiger partial charge in [-0.15, -0.1) is 0 Å². The van der Waals surface area contributed by atoms with E-state index in [1.807, 2.05) is 29.2 Å². The molecular weight excluding hydrogens is 270 g/mol. The van der Waals surface area contributed by atoms with Crippen LogP contribution < -0.4 is 9.47 Å². The van der Waals surface area contributed by atoms with Crippen molar-refractivity contribution >= 4 is 5.91 Å². The lowest BCUT2D eigenvalue weighted by molar-refractivity contribution is -0.134. The highest BCUT2D eigenvalue weighted by Crippen LogP contribution is 2.28. The van der Waals surface area contributed by atoms with Gasteiger partial charge in [0.25, 0.3) is 0 Å². The highest BCUT2D eigenvalue weighted by atomic mass is 16.5. The second-order valence-corrected chi connectivity index (χ2v) is 5.12. The Labute approximate surface area is 125 Å². The molecule has 0 aromatic heterocycles. The molecule has 1 aromatic rings. The third-order valence-electron chi connectivity index (χ3n) is 3.61. The lowest BCUT2D eigenvalue weighted by Gasteiger charge is -2.33. The first-order valence-corrected chi connectivity index (χ1v) is 7.31. The number of para-hydroxylation sites is 2. The molecular formula is C16H23NO4. The van der Waals surface area contributed by atoms with Crippen molar-refractivity contribution in [1.29, 1.82) is 0 Å². The van der Waals surface area contributed by atoms with E-state index in [4.69, 9.17) is 14.2 Å². The number of rotatable bonds is 6. The average molecular weight is 293 g/mol. The predicted octanol–water partition coefficient (Wildman–Crippen LogP) is 2.10. The number of carbonyl (C=O) groups excluding carboxylic acids is 1. The van der Waals surface area contributed by atoms with Crippen molar-refractivity contribution in [1.82, 2.24) is 4.90 Å². The first-order chi connectivity index (χ1) is 10.2. The quantitative estimate of drug-likeness (QED) is 0.806. The van der Waals surface area contributed by atoms with E-state index in [-0.39, 0.29) is 12.0 Å². The van der Waals surface area contributed by atoms with Gasteiger partial charge in [-0.25, -0.2) is 0 Å². The third kappa shape index (κ3) is 4.36. The molecule has 0 aliphatic carbocycles. The second kappa shape index (κ2) is 7.88. The maximum absolute atomic E-state index is 12.0. The van der Waals surface area contributed by atoms with E-state index in [1.54, 1.807) is 14.2 Å². The van der Waals surface area contributed by atoms with Crippen molar-refractivity contribution in [3.05, 3.63) is 24.3 Å². The minimum atomic E-state index is 0.0153. The van der Waals surface area contributed by atoms with Gasteiger partial charge in [-0.2, -0.15) is 0 Å². The number of methoxy groups -OCH3 is 2. The van der Waals surface area contributed by atoms with Crippen molar-refractivity contribution < 1.29 is 19.0 Å². The number of hydrogen-bond acceptors (Lipinski definition) is 4. The molecule has 5 nitrogen and oxygen atoms in total. The van der Waals surface area contributed by atoms with Crippen LogP contribution in [0, 0.1) is 0 Å². The molecule has 0 radical (unpaired) electrons. The average Bonchev–Trinajstić information content (AvgIpc) is 2.53. The summed E-state index contributed by atoms with van der Waals surface area (Å²) in [6.07, 6.45) is 2.35. The molecule has 0 saturated carbocycles. The molecule has 0 spiro atoms. The summed E-state index contributed by atoms with van der Waals surface area (Å²) in [5, 5.41) is 0. The molecule has 1 aliphatic heterocycles. The highest BCUT2D eigenvalue weighted by Gasteiger charge is 2.25. The Morgan fingerprint density at radius 2 is 2.05 bits per heavy atom. The lowest BCUT2D eigenvalue weighted by Crippen LogP contribution is -2.44. The number of nitrogens with zero attached hydrogens (tertiary/aromatic N) is 1. The maximum atomic E-state index is 12.0. The summed E-state index contributed by atoms with van der Waals surface area (Å²) in [6.45, 7) is 1.89. The highest BCUT2D eigenvalue weighted by molar-refractivity contribution is 5.76. The summed E-state index contributed by atoms with van der Waals surface area (Å²) in [5.41, 5.74) is 0. The van der Waals surface area contributed by atoms with Gasteiger partial charge in [0.05, 0.1) is 26.7 Å². The number of amides is 1. The number of ether oxygens (including phenoxy) is 3. The third-order valence-corrected chi connectivity index (χ3v) is 3.61. The topological polar surface area (TPSA) is 48.0 Å². The zero-order valence-corrected chi connectivity index (χ0v) is 12.7. The van der Waals surface area contributed by atoms with Gasteiger partial charge in [-0.3, -0.25) is 4.79 Å². The minimum Gasteiger partial charge on any atom is -0.493 e. The first-order valence-electron chi connectivity index (χ1n) is 7.31. The molecule has 0 N–H and O–H groups in total. The maximum Gasteiger partial charge on any atom is 0.225 e. The molecule has 1 aromatic carbocycles. The standard InChI is InChI=1S/C16H23NO4/c1-19-11-9-16(18)17-10-5-6-13(12-17)21-15-8-4-3-7-14(15)20-2/h3-4,7-8,13H,5-6,9-12H2,1-2H3. The van der Waals surface area contributed by atoms with Crippen LogP contribution in [0.1, 0.15) is 19.3 Å². The molecule has 21 heavy (non-hydrogen) atoms. The molecule has 5 heteroatoms. The molecule has 1 atom stereocenters. The molecule has 1 amide bonds. The monoisotopic (exact) mass is 293 g/mol. The van der Waals surface area contributed by atoms with E-state index >= 15 is 0 Å². The number of hydrogen-bond donors (Lipinski definition) is 0. The van der Waals surface area contributed by atoms with Gasteiger partial charge in [0.2, 0.25) is 5.91 Å². The van der Waals surface area contributed by atoms with Crippen molar-refractivity contribution in [2.45, 2.75) is 25.4 Å². The Morgan fingerprint density at radius 1 is 1.29 bits per heavy atom. The molecule has 1 aliphatic rings. The van der Waals surface area contributed by atoms with Crippen LogP contribution in [0.5, 0.6) is 11.5 Å². The Kier molecular flexibility index (Phi) is 5.87. The van der Waals surface area contributed by atoms with E-state index in [1.165, 1.54) is 0 Å². The van der Waals surface area contributed by atoms with Crippen LogP contribution in [-0.4, -0.2) is 50.8 Å². The van der Waals surface area contributed by atoms with Crippen molar-refractivity contribution in [2.24, 2.45) is 0 Å². The fourth-order valence-corrected chi connectivity index (χ4v) is 2.50. The summed E-state index contributed by atoms with van der Waals surface area (Å²) < 4.78 is 16.3. The number of benzene rings is 1. The summed E-state index contributed by atoms with van der Waals surface area (Å²) >= 11 is 0. The van der Waals surface area contributed by atoms with Crippen LogP contribution in [0.2, 0.25) is 0 Å². The summed E-state index contributed by atoms with van der Waals surface area (Å²) in [7, 11) is 3.24. The van der Waals surface area contributed by atoms with Gasteiger partial charge in [0, 0.05) is 13.7 Å². The van der Waals surface area contributed by atoms with Crippen molar-refractivity contribution in [3.8, 4) is 11.5 Å². The van der Waals surface area contributed by atoms with Gasteiger partial charge in [-0.05, 0) is 25.0 Å². The summed E-state index contributed by atoms with van der Waals surface area (Å²) in [5.74, 6) is 1.58. The van der Waals surface area contributed by atoms with Crippen LogP contribution in [-0.2, 0) is 9.53 Å². The molecule has 1 heterocycles. The van der Waals surface area contributed by atoms with Crippen LogP contribution in [0.3, 0.4) is 0 Å². The summed E-state index contributed by atoms with van der Waals surface area (Å²) in [4.78, 5) is 13.9. The Bertz CT molecular complexity index is 463. The normalized spacial score (nSPS) is 18.4. The van der Waals surface area contributed by atoms with E-state index in [0.29, 0.717) is 19.6 Å². The van der Waals surface area contributed by atoms with Crippen molar-refractivity contribution in [3.63, 3.8) is 0 Å². The van der Waals surface area contributed by atoms with Gasteiger partial charge in [0.15, 0.2) is 11.5 Å². The van der Waals surface area contributed by atoms with Gasteiger partial charge in [-0.1, -0.05) is 12.1 Å². The van der Waals surface area contributed by atoms with E-state index in [2.05, 4.69) is 0 Å². The lowest BCUT2D eigenvalue weighted by atomic mass is 10.1. The Morgan fingerprint density at radius 3 is 2.76 bits per heavy atom. The molecule has 0 bridgehead atoms. The Hall–Kier alpha value is -1.75. The largest absolute Gasteiger partial charge is 0.493 e. The zero-order chi connectivity index (χ0) is 15.1. The Balaban J connectivity index is 1.93. The van der Waals surface area contributed by atoms with E-state index < -0.39 is 0 Å². The molecule has 2 rings (SSSR count). The van der Waals surface area contributed by atoms with E-state index in [9.17, 15) is 4.79 Å². The van der Waals surface area contributed by atoms with E-state index in [0.717, 1.165) is 30.9 Å². The first kappa shape index (κ1) is 15.6.